The Labute approximate surface area is 145 Å². The van der Waals surface area contributed by atoms with E-state index in [4.69, 9.17) is 4.74 Å². The van der Waals surface area contributed by atoms with Crippen LogP contribution in [0.3, 0.4) is 0 Å². The van der Waals surface area contributed by atoms with Crippen LogP contribution in [-0.2, 0) is 4.74 Å². The molecule has 0 unspecified atom stereocenters. The molecular formula is C19H20F2N2O2. The number of anilines is 1. The van der Waals surface area contributed by atoms with Crippen molar-refractivity contribution in [1.29, 1.82) is 0 Å². The van der Waals surface area contributed by atoms with Gasteiger partial charge in [-0.2, -0.15) is 0 Å². The summed E-state index contributed by atoms with van der Waals surface area (Å²) in [4.78, 5) is 14.3. The molecule has 2 aromatic rings. The highest BCUT2D eigenvalue weighted by Gasteiger charge is 2.22. The smallest absolute Gasteiger partial charge is 0.411 e. The molecule has 2 aromatic carbocycles. The number of likely N-dealkylation sites (tertiary alicyclic amines) is 1. The summed E-state index contributed by atoms with van der Waals surface area (Å²) >= 11 is 0. The zero-order chi connectivity index (χ0) is 17.8. The third-order valence-corrected chi connectivity index (χ3v) is 4.47. The fourth-order valence-corrected chi connectivity index (χ4v) is 3.02. The Kier molecular flexibility index (Phi) is 5.28. The van der Waals surface area contributed by atoms with Crippen molar-refractivity contribution in [2.45, 2.75) is 18.9 Å². The lowest BCUT2D eigenvalue weighted by molar-refractivity contribution is 0.127. The zero-order valence-electron chi connectivity index (χ0n) is 14.0. The SMILES string of the molecule is CN1CCC[C@H]1COC(=O)Nc1ccccc1-c1ccc(F)c(F)c1. The van der Waals surface area contributed by atoms with Gasteiger partial charge < -0.3 is 9.64 Å². The number of hydrogen-bond donors (Lipinski definition) is 1. The second-order valence-electron chi connectivity index (χ2n) is 6.17. The van der Waals surface area contributed by atoms with Crippen LogP contribution in [0.5, 0.6) is 0 Å². The largest absolute Gasteiger partial charge is 0.448 e. The molecule has 25 heavy (non-hydrogen) atoms. The number of para-hydroxylation sites is 1. The zero-order valence-corrected chi connectivity index (χ0v) is 14.0. The van der Waals surface area contributed by atoms with Crippen molar-refractivity contribution < 1.29 is 18.3 Å². The van der Waals surface area contributed by atoms with Gasteiger partial charge in [-0.1, -0.05) is 24.3 Å². The van der Waals surface area contributed by atoms with E-state index in [1.54, 1.807) is 24.3 Å². The van der Waals surface area contributed by atoms with Crippen molar-refractivity contribution in [3.8, 4) is 11.1 Å². The molecule has 1 aliphatic rings. The fourth-order valence-electron chi connectivity index (χ4n) is 3.02. The molecule has 1 heterocycles. The lowest BCUT2D eigenvalue weighted by Crippen LogP contribution is -2.31. The summed E-state index contributed by atoms with van der Waals surface area (Å²) in [5.41, 5.74) is 1.56. The van der Waals surface area contributed by atoms with Gasteiger partial charge in [0.15, 0.2) is 11.6 Å². The molecule has 0 bridgehead atoms. The molecule has 6 heteroatoms. The number of nitrogens with one attached hydrogen (secondary N) is 1. The van der Waals surface area contributed by atoms with Crippen LogP contribution >= 0.6 is 0 Å². The van der Waals surface area contributed by atoms with Crippen molar-refractivity contribution in [2.75, 3.05) is 25.5 Å². The molecule has 4 nitrogen and oxygen atoms in total. The molecule has 1 fully saturated rings. The van der Waals surface area contributed by atoms with Crippen molar-refractivity contribution in [3.05, 3.63) is 54.1 Å². The van der Waals surface area contributed by atoms with Gasteiger partial charge in [-0.15, -0.1) is 0 Å². The monoisotopic (exact) mass is 346 g/mol. The number of hydrogen-bond acceptors (Lipinski definition) is 3. The predicted molar refractivity (Wildman–Crippen MR) is 92.4 cm³/mol. The van der Waals surface area contributed by atoms with Gasteiger partial charge in [0, 0.05) is 11.6 Å². The van der Waals surface area contributed by atoms with Gasteiger partial charge in [0.05, 0.1) is 5.69 Å². The van der Waals surface area contributed by atoms with Crippen molar-refractivity contribution in [1.82, 2.24) is 4.90 Å². The van der Waals surface area contributed by atoms with Gasteiger partial charge in [-0.05, 0) is 50.2 Å². The van der Waals surface area contributed by atoms with E-state index < -0.39 is 17.7 Å². The average molecular weight is 346 g/mol. The molecule has 1 N–H and O–H groups in total. The molecule has 1 amide bonds. The first-order valence-corrected chi connectivity index (χ1v) is 8.23. The lowest BCUT2D eigenvalue weighted by Gasteiger charge is -2.19. The number of ether oxygens (including phenoxy) is 1. The highest BCUT2D eigenvalue weighted by molar-refractivity contribution is 5.91. The number of likely N-dealkylation sites (N-methyl/N-ethyl adjacent to an activating group) is 1. The van der Waals surface area contributed by atoms with Gasteiger partial charge in [0.2, 0.25) is 0 Å². The molecule has 132 valence electrons. The van der Waals surface area contributed by atoms with E-state index in [9.17, 15) is 13.6 Å². The molecule has 0 radical (unpaired) electrons. The van der Waals surface area contributed by atoms with Crippen LogP contribution in [0.1, 0.15) is 12.8 Å². The van der Waals surface area contributed by atoms with Gasteiger partial charge >= 0.3 is 6.09 Å². The summed E-state index contributed by atoms with van der Waals surface area (Å²) in [7, 11) is 2.01. The summed E-state index contributed by atoms with van der Waals surface area (Å²) in [6.45, 7) is 1.34. The van der Waals surface area contributed by atoms with E-state index in [2.05, 4.69) is 10.2 Å². The van der Waals surface area contributed by atoms with Gasteiger partial charge in [0.25, 0.3) is 0 Å². The molecule has 3 rings (SSSR count). The van der Waals surface area contributed by atoms with E-state index >= 15 is 0 Å². The van der Waals surface area contributed by atoms with Crippen LogP contribution < -0.4 is 5.32 Å². The Hall–Kier alpha value is -2.47. The summed E-state index contributed by atoms with van der Waals surface area (Å²) in [5, 5.41) is 2.69. The molecule has 0 aromatic heterocycles. The molecule has 0 saturated carbocycles. The van der Waals surface area contributed by atoms with Crippen LogP contribution in [0.4, 0.5) is 19.3 Å². The Bertz CT molecular complexity index is 767. The summed E-state index contributed by atoms with van der Waals surface area (Å²) in [6.07, 6.45) is 1.55. The minimum Gasteiger partial charge on any atom is -0.448 e. The number of carbonyl (C=O) groups is 1. The molecular weight excluding hydrogens is 326 g/mol. The maximum absolute atomic E-state index is 13.5. The van der Waals surface area contributed by atoms with Crippen LogP contribution in [0.15, 0.2) is 42.5 Å². The van der Waals surface area contributed by atoms with Crippen molar-refractivity contribution in [2.24, 2.45) is 0 Å². The maximum atomic E-state index is 13.5. The van der Waals surface area contributed by atoms with Gasteiger partial charge in [-0.3, -0.25) is 5.32 Å². The van der Waals surface area contributed by atoms with E-state index in [1.807, 2.05) is 7.05 Å². The highest BCUT2D eigenvalue weighted by Crippen LogP contribution is 2.29. The third kappa shape index (κ3) is 4.14. The second kappa shape index (κ2) is 7.61. The van der Waals surface area contributed by atoms with Crippen LogP contribution in [0.2, 0.25) is 0 Å². The maximum Gasteiger partial charge on any atom is 0.411 e. The molecule has 1 saturated heterocycles. The molecule has 0 spiro atoms. The third-order valence-electron chi connectivity index (χ3n) is 4.47. The molecule has 1 atom stereocenters. The number of halogens is 2. The van der Waals surface area contributed by atoms with E-state index in [1.165, 1.54) is 6.07 Å². The first kappa shape index (κ1) is 17.4. The van der Waals surface area contributed by atoms with Gasteiger partial charge in [-0.25, -0.2) is 13.6 Å². The van der Waals surface area contributed by atoms with Crippen LogP contribution in [0.25, 0.3) is 11.1 Å². The van der Waals surface area contributed by atoms with Gasteiger partial charge in [0.1, 0.15) is 6.61 Å². The fraction of sp³-hybridized carbons (Fsp3) is 0.316. The Balaban J connectivity index is 1.70. The molecule has 0 aliphatic carbocycles. The normalized spacial score (nSPS) is 17.5. The topological polar surface area (TPSA) is 41.6 Å². The second-order valence-corrected chi connectivity index (χ2v) is 6.17. The first-order valence-electron chi connectivity index (χ1n) is 8.23. The minimum atomic E-state index is -0.931. The lowest BCUT2D eigenvalue weighted by atomic mass is 10.0. The Morgan fingerprint density at radius 2 is 2.04 bits per heavy atom. The van der Waals surface area contributed by atoms with Crippen LogP contribution in [0, 0.1) is 11.6 Å². The highest BCUT2D eigenvalue weighted by atomic mass is 19.2. The van der Waals surface area contributed by atoms with E-state index in [-0.39, 0.29) is 6.04 Å². The van der Waals surface area contributed by atoms with Crippen LogP contribution in [-0.4, -0.2) is 37.2 Å². The average Bonchev–Trinajstić information content (AvgIpc) is 3.01. The summed E-state index contributed by atoms with van der Waals surface area (Å²) in [6, 6.07) is 10.8. The van der Waals surface area contributed by atoms with E-state index in [0.29, 0.717) is 23.4 Å². The molecule has 1 aliphatic heterocycles. The standard InChI is InChI=1S/C19H20F2N2O2/c1-23-10-4-5-14(23)12-25-19(24)22-18-7-3-2-6-15(18)13-8-9-16(20)17(21)11-13/h2-3,6-9,11,14H,4-5,10,12H2,1H3,(H,22,24)/t14-/m0/s1. The number of carbonyl (C=O) groups excluding carboxylic acids is 1. The number of nitrogens with zero attached hydrogens (tertiary/aromatic N) is 1. The summed E-state index contributed by atoms with van der Waals surface area (Å²) < 4.78 is 31.9. The minimum absolute atomic E-state index is 0.243. The van der Waals surface area contributed by atoms with Crippen molar-refractivity contribution in [3.63, 3.8) is 0 Å². The first-order chi connectivity index (χ1) is 12.0. The quantitative estimate of drug-likeness (QED) is 0.899. The number of benzene rings is 2. The Morgan fingerprint density at radius 1 is 1.24 bits per heavy atom. The number of rotatable bonds is 4. The summed E-state index contributed by atoms with van der Waals surface area (Å²) in [5.74, 6) is -1.84. The predicted octanol–water partition coefficient (Wildman–Crippen LogP) is 4.27. The van der Waals surface area contributed by atoms with Crippen molar-refractivity contribution >= 4 is 11.8 Å². The Morgan fingerprint density at radius 3 is 2.76 bits per heavy atom. The number of amides is 1. The van der Waals surface area contributed by atoms with E-state index in [0.717, 1.165) is 31.5 Å².